The van der Waals surface area contributed by atoms with Gasteiger partial charge < -0.3 is 15.2 Å². The van der Waals surface area contributed by atoms with Crippen molar-refractivity contribution in [2.75, 3.05) is 19.6 Å². The van der Waals surface area contributed by atoms with Gasteiger partial charge in [0.2, 0.25) is 5.91 Å². The van der Waals surface area contributed by atoms with Gasteiger partial charge in [0.15, 0.2) is 0 Å². The first kappa shape index (κ1) is 13.1. The highest BCUT2D eigenvalue weighted by atomic mass is 16.2. The van der Waals surface area contributed by atoms with Crippen LogP contribution >= 0.6 is 0 Å². The summed E-state index contributed by atoms with van der Waals surface area (Å²) in [5, 5.41) is 6.41. The SMILES string of the molecule is CCCC1(C(=O)NCCn2cccc2)CCNC1. The molecule has 1 aliphatic rings. The molecule has 2 rings (SSSR count). The van der Waals surface area contributed by atoms with Crippen LogP contribution < -0.4 is 10.6 Å². The van der Waals surface area contributed by atoms with Crippen molar-refractivity contribution in [3.63, 3.8) is 0 Å². The second kappa shape index (κ2) is 6.05. The average Bonchev–Trinajstić information content (AvgIpc) is 3.01. The first-order chi connectivity index (χ1) is 8.77. The van der Waals surface area contributed by atoms with Crippen LogP contribution in [0.3, 0.4) is 0 Å². The van der Waals surface area contributed by atoms with Crippen molar-refractivity contribution >= 4 is 5.91 Å². The number of nitrogens with one attached hydrogen (secondary N) is 2. The molecule has 18 heavy (non-hydrogen) atoms. The molecule has 0 radical (unpaired) electrons. The monoisotopic (exact) mass is 249 g/mol. The van der Waals surface area contributed by atoms with E-state index in [1.807, 2.05) is 24.5 Å². The third-order valence-electron chi connectivity index (χ3n) is 3.78. The Balaban J connectivity index is 1.82. The summed E-state index contributed by atoms with van der Waals surface area (Å²) in [7, 11) is 0. The number of hydrogen-bond donors (Lipinski definition) is 2. The van der Waals surface area contributed by atoms with Gasteiger partial charge in [-0.25, -0.2) is 0 Å². The van der Waals surface area contributed by atoms with E-state index < -0.39 is 0 Å². The lowest BCUT2D eigenvalue weighted by molar-refractivity contribution is -0.130. The first-order valence-corrected chi connectivity index (χ1v) is 6.87. The Morgan fingerprint density at radius 1 is 1.44 bits per heavy atom. The van der Waals surface area contributed by atoms with Crippen LogP contribution in [0.1, 0.15) is 26.2 Å². The minimum absolute atomic E-state index is 0.161. The summed E-state index contributed by atoms with van der Waals surface area (Å²) in [4.78, 5) is 12.3. The molecular weight excluding hydrogens is 226 g/mol. The number of carbonyl (C=O) groups is 1. The summed E-state index contributed by atoms with van der Waals surface area (Å²) < 4.78 is 2.08. The summed E-state index contributed by atoms with van der Waals surface area (Å²) >= 11 is 0. The fourth-order valence-electron chi connectivity index (χ4n) is 2.75. The molecule has 2 heterocycles. The van der Waals surface area contributed by atoms with Crippen LogP contribution in [0.4, 0.5) is 0 Å². The Hall–Kier alpha value is -1.29. The van der Waals surface area contributed by atoms with Gasteiger partial charge in [0.1, 0.15) is 0 Å². The van der Waals surface area contributed by atoms with Crippen LogP contribution in [0.2, 0.25) is 0 Å². The Bertz CT molecular complexity index is 366. The number of hydrogen-bond acceptors (Lipinski definition) is 2. The van der Waals surface area contributed by atoms with Gasteiger partial charge in [-0.2, -0.15) is 0 Å². The minimum Gasteiger partial charge on any atom is -0.354 e. The first-order valence-electron chi connectivity index (χ1n) is 6.87. The molecule has 0 aromatic carbocycles. The van der Waals surface area contributed by atoms with E-state index in [1.54, 1.807) is 0 Å². The molecule has 4 heteroatoms. The van der Waals surface area contributed by atoms with Crippen LogP contribution in [-0.4, -0.2) is 30.1 Å². The molecule has 1 aromatic heterocycles. The highest BCUT2D eigenvalue weighted by Gasteiger charge is 2.39. The number of amides is 1. The van der Waals surface area contributed by atoms with Gasteiger partial charge in [-0.1, -0.05) is 13.3 Å². The van der Waals surface area contributed by atoms with Gasteiger partial charge in [0.05, 0.1) is 5.41 Å². The lowest BCUT2D eigenvalue weighted by Gasteiger charge is -2.26. The van der Waals surface area contributed by atoms with Crippen molar-refractivity contribution in [1.29, 1.82) is 0 Å². The molecule has 1 fully saturated rings. The van der Waals surface area contributed by atoms with E-state index in [0.717, 1.165) is 38.9 Å². The summed E-state index contributed by atoms with van der Waals surface area (Å²) in [6.07, 6.45) is 7.05. The van der Waals surface area contributed by atoms with E-state index in [4.69, 9.17) is 0 Å². The largest absolute Gasteiger partial charge is 0.354 e. The van der Waals surface area contributed by atoms with E-state index >= 15 is 0 Å². The fraction of sp³-hybridized carbons (Fsp3) is 0.643. The Morgan fingerprint density at radius 3 is 2.83 bits per heavy atom. The summed E-state index contributed by atoms with van der Waals surface area (Å²) in [6.45, 7) is 5.49. The maximum absolute atomic E-state index is 12.3. The average molecular weight is 249 g/mol. The van der Waals surface area contributed by atoms with Gasteiger partial charge in [0.25, 0.3) is 0 Å². The van der Waals surface area contributed by atoms with E-state index in [0.29, 0.717) is 6.54 Å². The zero-order valence-corrected chi connectivity index (χ0v) is 11.1. The van der Waals surface area contributed by atoms with Crippen LogP contribution in [0.15, 0.2) is 24.5 Å². The molecular formula is C14H23N3O. The molecule has 4 nitrogen and oxygen atoms in total. The van der Waals surface area contributed by atoms with Gasteiger partial charge in [-0.15, -0.1) is 0 Å². The lowest BCUT2D eigenvalue weighted by Crippen LogP contribution is -2.43. The molecule has 1 unspecified atom stereocenters. The predicted octanol–water partition coefficient (Wildman–Crippen LogP) is 1.38. The topological polar surface area (TPSA) is 46.1 Å². The van der Waals surface area contributed by atoms with E-state index in [9.17, 15) is 4.79 Å². The van der Waals surface area contributed by atoms with Crippen molar-refractivity contribution in [1.82, 2.24) is 15.2 Å². The molecule has 1 aliphatic heterocycles. The zero-order chi connectivity index (χ0) is 12.8. The summed E-state index contributed by atoms with van der Waals surface area (Å²) in [5.41, 5.74) is -0.161. The predicted molar refractivity (Wildman–Crippen MR) is 72.3 cm³/mol. The second-order valence-electron chi connectivity index (χ2n) is 5.13. The zero-order valence-electron chi connectivity index (χ0n) is 11.1. The second-order valence-corrected chi connectivity index (χ2v) is 5.13. The van der Waals surface area contributed by atoms with E-state index in [1.165, 1.54) is 0 Å². The quantitative estimate of drug-likeness (QED) is 0.800. The van der Waals surface area contributed by atoms with Gasteiger partial charge in [0, 0.05) is 32.0 Å². The maximum Gasteiger partial charge on any atom is 0.227 e. The van der Waals surface area contributed by atoms with Crippen LogP contribution in [0.25, 0.3) is 0 Å². The molecule has 100 valence electrons. The van der Waals surface area contributed by atoms with Crippen molar-refractivity contribution < 1.29 is 4.79 Å². The summed E-state index contributed by atoms with van der Waals surface area (Å²) in [6, 6.07) is 4.00. The minimum atomic E-state index is -0.161. The van der Waals surface area contributed by atoms with E-state index in [2.05, 4.69) is 22.1 Å². The number of carbonyl (C=O) groups excluding carboxylic acids is 1. The Morgan fingerprint density at radius 2 is 2.22 bits per heavy atom. The lowest BCUT2D eigenvalue weighted by atomic mass is 9.81. The number of rotatable bonds is 6. The van der Waals surface area contributed by atoms with Crippen molar-refractivity contribution in [3.8, 4) is 0 Å². The Kier molecular flexibility index (Phi) is 4.42. The Labute approximate surface area is 109 Å². The fourth-order valence-corrected chi connectivity index (χ4v) is 2.75. The summed E-state index contributed by atoms with van der Waals surface area (Å²) in [5.74, 6) is 0.224. The number of nitrogens with zero attached hydrogens (tertiary/aromatic N) is 1. The molecule has 1 aromatic rings. The third-order valence-corrected chi connectivity index (χ3v) is 3.78. The smallest absolute Gasteiger partial charge is 0.227 e. The maximum atomic E-state index is 12.3. The van der Waals surface area contributed by atoms with E-state index in [-0.39, 0.29) is 11.3 Å². The van der Waals surface area contributed by atoms with Gasteiger partial charge >= 0.3 is 0 Å². The third kappa shape index (κ3) is 2.93. The standard InChI is InChI=1S/C14H23N3O/c1-2-5-14(6-7-15-12-14)13(18)16-8-11-17-9-3-4-10-17/h3-4,9-10,15H,2,5-8,11-12H2,1H3,(H,16,18). The molecule has 0 saturated carbocycles. The van der Waals surface area contributed by atoms with Crippen molar-refractivity contribution in [3.05, 3.63) is 24.5 Å². The molecule has 1 atom stereocenters. The normalized spacial score (nSPS) is 23.2. The highest BCUT2D eigenvalue weighted by Crippen LogP contribution is 2.31. The molecule has 0 bridgehead atoms. The van der Waals surface area contributed by atoms with Gasteiger partial charge in [-0.05, 0) is 31.5 Å². The molecule has 1 amide bonds. The van der Waals surface area contributed by atoms with Crippen molar-refractivity contribution in [2.45, 2.75) is 32.7 Å². The van der Waals surface area contributed by atoms with Crippen molar-refractivity contribution in [2.24, 2.45) is 5.41 Å². The van der Waals surface area contributed by atoms with Crippen LogP contribution in [0, 0.1) is 5.41 Å². The van der Waals surface area contributed by atoms with Gasteiger partial charge in [-0.3, -0.25) is 4.79 Å². The van der Waals surface area contributed by atoms with Crippen LogP contribution in [-0.2, 0) is 11.3 Å². The molecule has 1 saturated heterocycles. The molecule has 0 aliphatic carbocycles. The molecule has 0 spiro atoms. The van der Waals surface area contributed by atoms with Crippen LogP contribution in [0.5, 0.6) is 0 Å². The molecule has 2 N–H and O–H groups in total. The number of aromatic nitrogens is 1. The highest BCUT2D eigenvalue weighted by molar-refractivity contribution is 5.83.